The topological polar surface area (TPSA) is 451 Å². The molecular weight excluding hydrogens is 1040 g/mol. The first kappa shape index (κ1) is 72.2. The normalized spacial score (nSPS) is 26.8. The largest absolute Gasteiger partial charge is 1.00 e. The molecule has 2 aliphatic rings. The summed E-state index contributed by atoms with van der Waals surface area (Å²) in [7, 11) is -16.1. The first-order chi connectivity index (χ1) is 30.3. The molecule has 0 aromatic heterocycles. The van der Waals surface area contributed by atoms with E-state index in [0.717, 1.165) is 45.6 Å². The maximum Gasteiger partial charge on any atom is 1.00 e. The fourth-order valence-corrected chi connectivity index (χ4v) is 8.00. The van der Waals surface area contributed by atoms with Gasteiger partial charge in [-0.1, -0.05) is 39.0 Å². The number of aliphatic carboxylic acids is 1. The van der Waals surface area contributed by atoms with E-state index in [9.17, 15) is 84.2 Å². The van der Waals surface area contributed by atoms with Gasteiger partial charge in [-0.2, -0.15) is 0 Å². The van der Waals surface area contributed by atoms with Crippen molar-refractivity contribution in [3.05, 3.63) is 29.8 Å². The van der Waals surface area contributed by atoms with Crippen molar-refractivity contribution in [2.24, 2.45) is 0 Å². The third-order valence-corrected chi connectivity index (χ3v) is 11.4. The third-order valence-electron chi connectivity index (χ3n) is 9.92. The Bertz CT molecular complexity index is 2000. The number of amides is 1. The van der Waals surface area contributed by atoms with Crippen LogP contribution in [0.3, 0.4) is 0 Å². The van der Waals surface area contributed by atoms with Crippen molar-refractivity contribution in [2.75, 3.05) is 38.7 Å². The van der Waals surface area contributed by atoms with Gasteiger partial charge in [-0.05, 0) is 30.7 Å². The summed E-state index contributed by atoms with van der Waals surface area (Å²) in [6, 6.07) is 3.66. The molecule has 14 atom stereocenters. The number of hydrogen-bond donors (Lipinski definition) is 9. The van der Waals surface area contributed by atoms with Crippen LogP contribution in [0.25, 0.3) is 0 Å². The summed E-state index contributed by atoms with van der Waals surface area (Å²) in [6.45, 7) is -0.371. The van der Waals surface area contributed by atoms with E-state index in [1.54, 1.807) is 0 Å². The second kappa shape index (κ2) is 34.0. The zero-order valence-corrected chi connectivity index (χ0v) is 49.1. The Balaban J connectivity index is 0. The summed E-state index contributed by atoms with van der Waals surface area (Å²) in [5.74, 6) is -2.63. The van der Waals surface area contributed by atoms with Gasteiger partial charge in [0.15, 0.2) is 29.0 Å². The molecule has 0 unspecified atom stereocenters. The number of carbonyl (C=O) groups excluding carboxylic acids is 2. The Labute approximate surface area is 487 Å². The fraction of sp³-hybridized carbons (Fsp3) is 0.765. The Morgan fingerprint density at radius 1 is 0.768 bits per heavy atom. The zero-order valence-electron chi connectivity index (χ0n) is 38.6. The van der Waals surface area contributed by atoms with Crippen LogP contribution in [0.5, 0.6) is 0 Å². The summed E-state index contributed by atoms with van der Waals surface area (Å²) in [5, 5.41) is 82.2. The van der Waals surface area contributed by atoms with Crippen LogP contribution in [0.2, 0.25) is 0 Å². The molecule has 1 aromatic rings. The number of methoxy groups -OCH3 is 1. The molecule has 2 fully saturated rings. The minimum Gasteiger partial charge on any atom is -0.735 e. The Hall–Kier alpha value is 1.13. The van der Waals surface area contributed by atoms with Crippen LogP contribution in [0.15, 0.2) is 24.3 Å². The van der Waals surface area contributed by atoms with E-state index in [2.05, 4.69) is 25.9 Å². The van der Waals surface area contributed by atoms with Crippen molar-refractivity contribution < 1.29 is 235 Å². The number of aliphatic hydroxyl groups excluding tert-OH is 6. The molecule has 2 aliphatic heterocycles. The second-order valence-electron chi connectivity index (χ2n) is 14.8. The van der Waals surface area contributed by atoms with Crippen LogP contribution in [0.4, 0.5) is 5.69 Å². The number of ether oxygens (including phenoxy) is 5. The Kier molecular flexibility index (Phi) is 35.6. The molecule has 1 aromatic carbocycles. The van der Waals surface area contributed by atoms with Gasteiger partial charge in [0, 0.05) is 31.5 Å². The number of unbranched alkanes of at least 4 members (excludes halogenated alkanes) is 5. The fourth-order valence-electron chi connectivity index (χ4n) is 6.64. The zero-order chi connectivity index (χ0) is 48.9. The molecule has 35 heteroatoms. The molecule has 0 bridgehead atoms. The predicted molar refractivity (Wildman–Crippen MR) is 207 cm³/mol. The van der Waals surface area contributed by atoms with Crippen molar-refractivity contribution in [3.8, 4) is 0 Å². The Morgan fingerprint density at radius 2 is 1.35 bits per heavy atom. The number of hydrogen-bond acceptors (Lipinski definition) is 26. The number of rotatable bonds is 28. The van der Waals surface area contributed by atoms with E-state index in [-0.39, 0.29) is 124 Å². The van der Waals surface area contributed by atoms with E-state index in [1.165, 1.54) is 29.0 Å². The van der Waals surface area contributed by atoms with Gasteiger partial charge in [0.25, 0.3) is 5.91 Å². The van der Waals surface area contributed by atoms with E-state index in [1.807, 2.05) is 0 Å². The molecule has 0 radical (unpaired) electrons. The minimum atomic E-state index is -5.92. The van der Waals surface area contributed by atoms with E-state index >= 15 is 0 Å². The first-order valence-corrected chi connectivity index (χ1v) is 23.8. The van der Waals surface area contributed by atoms with Crippen LogP contribution in [-0.4, -0.2) is 201 Å². The molecule has 0 saturated carbocycles. The molecule has 376 valence electrons. The van der Waals surface area contributed by atoms with Crippen LogP contribution in [-0.2, 0) is 67.9 Å². The van der Waals surface area contributed by atoms with Gasteiger partial charge >= 0.3 is 118 Å². The van der Waals surface area contributed by atoms with Gasteiger partial charge in [0.05, 0.1) is 25.3 Å². The number of carboxylic acids is 1. The maximum absolute atomic E-state index is 12.5. The summed E-state index contributed by atoms with van der Waals surface area (Å²) >= 11 is 0. The van der Waals surface area contributed by atoms with Crippen LogP contribution >= 0.6 is 0 Å². The molecule has 3 rings (SSSR count). The van der Waals surface area contributed by atoms with Crippen LogP contribution in [0.1, 0.15) is 55.8 Å². The molecular formula is C34H53N3Na4O25S3. The molecule has 0 spiro atoms. The number of benzene rings is 1. The average Bonchev–Trinajstić information content (AvgIpc) is 3.22. The molecule has 28 nitrogen and oxygen atoms in total. The van der Waals surface area contributed by atoms with Crippen molar-refractivity contribution in [1.29, 1.82) is 0 Å². The minimum absolute atomic E-state index is 0. The Morgan fingerprint density at radius 3 is 1.88 bits per heavy atom. The van der Waals surface area contributed by atoms with Gasteiger partial charge in [-0.3, -0.25) is 13.2 Å². The SMILES string of the molecule is CCCCCCCCNC(=O)c1ccc(NC[C@H](O)[C@H](O)[C@@H](O)[C@@H](O)CO[C@@H]2O[C@@H](C(=O)[O-])[C@@H](O[C@H]3O[C@H](COS(=O)(=O)[O-])[C@@H](OC)[C@H](O)[C@H]3NS(=O)(=O)[O-])[C@H](O)[C@H]2OS(=O)(=O)[O-])cc1.[Na+].[Na+].[Na+].[Na+]. The smallest absolute Gasteiger partial charge is 0.735 e. The quantitative estimate of drug-likeness (QED) is 0.0163. The van der Waals surface area contributed by atoms with Gasteiger partial charge in [0.1, 0.15) is 61.0 Å². The van der Waals surface area contributed by atoms with Gasteiger partial charge in [0.2, 0.25) is 20.8 Å². The molecule has 2 heterocycles. The number of anilines is 1. The van der Waals surface area contributed by atoms with Crippen LogP contribution in [0, 0.1) is 0 Å². The number of aliphatic hydroxyl groups is 6. The standard InChI is InChI=1S/C34H57N3O25S3.4Na/c1-3-4-5-6-7-8-13-35-31(44)17-9-11-18(12-10-17)36-14-19(38)23(40)24(41)20(39)15-57-34-29(62-65(53,54)55)26(43)28(30(61-34)32(45)46)60-33-22(37-63(47,48)49)25(42)27(56-2)21(59-33)16-58-64(50,51)52;;;;/h9-12,19-30,33-34,36-43H,3-8,13-16H2,1-2H3,(H,35,44)(H,45,46)(H,47,48,49)(H,50,51,52)(H,53,54,55);;;;/q;4*+1/p-4/t19-,20-,21+,22+,23-,24-,25+,26-,27+,28-,29+,30+,33+,34+;;;;/m0..../s1. The second-order valence-corrected chi connectivity index (χ2v) is 18.0. The number of nitrogens with one attached hydrogen (secondary N) is 3. The third kappa shape index (κ3) is 24.8. The summed E-state index contributed by atoms with van der Waals surface area (Å²) < 4.78 is 139. The van der Waals surface area contributed by atoms with Crippen molar-refractivity contribution in [1.82, 2.24) is 10.0 Å². The molecule has 0 aliphatic carbocycles. The van der Waals surface area contributed by atoms with Gasteiger partial charge < -0.3 is 88.5 Å². The summed E-state index contributed by atoms with van der Waals surface area (Å²) in [6.07, 6.45) is -24.0. The molecule has 1 amide bonds. The predicted octanol–water partition coefficient (Wildman–Crippen LogP) is -18.3. The molecule has 2 saturated heterocycles. The average molecular weight is 1090 g/mol. The van der Waals surface area contributed by atoms with Crippen molar-refractivity contribution in [3.63, 3.8) is 0 Å². The molecule has 9 N–H and O–H groups in total. The van der Waals surface area contributed by atoms with E-state index in [0.29, 0.717) is 17.8 Å². The monoisotopic (exact) mass is 1090 g/mol. The number of carbonyl (C=O) groups is 2. The summed E-state index contributed by atoms with van der Waals surface area (Å²) in [4.78, 5) is 24.7. The van der Waals surface area contributed by atoms with Crippen molar-refractivity contribution >= 4 is 48.7 Å². The van der Waals surface area contributed by atoms with E-state index in [4.69, 9.17) is 23.7 Å². The number of carboxylic acid groups (broad SMARTS) is 1. The first-order valence-electron chi connectivity index (χ1n) is 19.8. The van der Waals surface area contributed by atoms with Crippen LogP contribution < -0.4 is 139 Å². The van der Waals surface area contributed by atoms with E-state index < -0.39 is 143 Å². The van der Waals surface area contributed by atoms with Crippen molar-refractivity contribution in [2.45, 2.75) is 131 Å². The van der Waals surface area contributed by atoms with Gasteiger partial charge in [-0.25, -0.2) is 30.0 Å². The molecule has 69 heavy (non-hydrogen) atoms. The maximum atomic E-state index is 12.5. The van der Waals surface area contributed by atoms with Gasteiger partial charge in [-0.15, -0.1) is 0 Å². The summed E-state index contributed by atoms with van der Waals surface area (Å²) in [5.41, 5.74) is 0.719.